The van der Waals surface area contributed by atoms with Crippen molar-refractivity contribution in [3.8, 4) is 0 Å². The summed E-state index contributed by atoms with van der Waals surface area (Å²) in [6.45, 7) is 0. The van der Waals surface area contributed by atoms with E-state index in [1.807, 2.05) is 0 Å². The van der Waals surface area contributed by atoms with Gasteiger partial charge in [0.05, 0.1) is 21.9 Å². The van der Waals surface area contributed by atoms with E-state index in [9.17, 15) is 18.0 Å². The lowest BCUT2D eigenvalue weighted by Gasteiger charge is -2.17. The van der Waals surface area contributed by atoms with Gasteiger partial charge in [0.15, 0.2) is 11.6 Å². The minimum absolute atomic E-state index is 0.309. The van der Waals surface area contributed by atoms with Crippen molar-refractivity contribution in [2.75, 3.05) is 0 Å². The molecular weight excluding hydrogens is 314 g/mol. The summed E-state index contributed by atoms with van der Waals surface area (Å²) in [5, 5.41) is 11.1. The molecule has 12 heteroatoms. The predicted octanol–water partition coefficient (Wildman–Crippen LogP) is 1.55. The van der Waals surface area contributed by atoms with Gasteiger partial charge in [0.2, 0.25) is 10.0 Å². The van der Waals surface area contributed by atoms with Gasteiger partial charge in [-0.05, 0) is 17.1 Å². The topological polar surface area (TPSA) is 192 Å². The van der Waals surface area contributed by atoms with Crippen LogP contribution in [-0.2, 0) is 10.0 Å². The summed E-state index contributed by atoms with van der Waals surface area (Å²) in [5.74, 6) is -2.01. The van der Waals surface area contributed by atoms with Crippen LogP contribution in [-0.4, -0.2) is 20.0 Å². The third-order valence-corrected chi connectivity index (χ3v) is 3.70. The zero-order valence-electron chi connectivity index (χ0n) is 10.5. The number of allylic oxidation sites excluding steroid dienone is 2. The molecule has 2 N–H and O–H groups in total. The van der Waals surface area contributed by atoms with Crippen molar-refractivity contribution in [1.29, 1.82) is 0 Å². The smallest absolute Gasteiger partial charge is 0.238 e. The van der Waals surface area contributed by atoms with Gasteiger partial charge in [-0.25, -0.2) is 13.6 Å². The highest BCUT2D eigenvalue weighted by Gasteiger charge is 2.35. The van der Waals surface area contributed by atoms with Crippen LogP contribution >= 0.6 is 0 Å². The van der Waals surface area contributed by atoms with Gasteiger partial charge in [0.1, 0.15) is 0 Å². The van der Waals surface area contributed by atoms with Crippen LogP contribution in [0.3, 0.4) is 0 Å². The van der Waals surface area contributed by atoms with Gasteiger partial charge < -0.3 is 0 Å². The first-order chi connectivity index (χ1) is 10.3. The molecule has 0 bridgehead atoms. The van der Waals surface area contributed by atoms with Crippen molar-refractivity contribution in [1.82, 2.24) is 0 Å². The van der Waals surface area contributed by atoms with Gasteiger partial charge in [-0.3, -0.25) is 9.59 Å². The number of sulfonamides is 1. The predicted molar refractivity (Wildman–Crippen MR) is 71.8 cm³/mol. The van der Waals surface area contributed by atoms with Gasteiger partial charge in [0.25, 0.3) is 0 Å². The maximum absolute atomic E-state index is 12.3. The van der Waals surface area contributed by atoms with Crippen molar-refractivity contribution < 1.29 is 18.0 Å². The molecule has 0 saturated carbocycles. The summed E-state index contributed by atoms with van der Waals surface area (Å²) in [7, 11) is -4.30. The zero-order valence-corrected chi connectivity index (χ0v) is 11.4. The number of nitrogens with two attached hydrogens (primary N) is 1. The van der Waals surface area contributed by atoms with Crippen LogP contribution in [0, 0.1) is 0 Å². The van der Waals surface area contributed by atoms with E-state index in [1.54, 1.807) is 0 Å². The maximum Gasteiger partial charge on any atom is 0.238 e. The Bertz CT molecular complexity index is 949. The molecule has 0 aromatic heterocycles. The number of Topliss-reactive ketones (excluding diaryl/α,β-unsaturated/α-hetero) is 2. The van der Waals surface area contributed by atoms with E-state index >= 15 is 0 Å². The largest absolute Gasteiger partial charge is 0.289 e. The molecule has 22 heavy (non-hydrogen) atoms. The molecule has 0 fully saturated rings. The molecule has 0 saturated heterocycles. The number of hydrogen-bond donors (Lipinski definition) is 1. The standard InChI is InChI=1S/C10H5N7O4S/c11-16-14-7-8(15-17-12)10(19)6-4(9(7)18)2-1-3-5(6)22(13,20)21/h1-3H,(H2,13,20,21). The lowest BCUT2D eigenvalue weighted by molar-refractivity contribution is 0.0970. The van der Waals surface area contributed by atoms with E-state index in [-0.39, 0.29) is 5.56 Å². The molecule has 1 aliphatic carbocycles. The molecule has 0 spiro atoms. The second kappa shape index (κ2) is 5.31. The number of nitrogens with zero attached hydrogens (tertiary/aromatic N) is 6. The van der Waals surface area contributed by atoms with Crippen molar-refractivity contribution in [3.05, 3.63) is 61.6 Å². The second-order valence-corrected chi connectivity index (χ2v) is 5.49. The Hall–Kier alpha value is -3.17. The van der Waals surface area contributed by atoms with Crippen LogP contribution < -0.4 is 5.14 Å². The van der Waals surface area contributed by atoms with Crippen LogP contribution in [0.1, 0.15) is 20.7 Å². The van der Waals surface area contributed by atoms with Crippen LogP contribution in [0.15, 0.2) is 44.7 Å². The Morgan fingerprint density at radius 1 is 1.00 bits per heavy atom. The zero-order chi connectivity index (χ0) is 16.5. The van der Waals surface area contributed by atoms with Crippen molar-refractivity contribution in [3.63, 3.8) is 0 Å². The molecule has 0 unspecified atom stereocenters. The molecule has 0 heterocycles. The molecule has 0 amide bonds. The van der Waals surface area contributed by atoms with Crippen molar-refractivity contribution >= 4 is 21.6 Å². The fourth-order valence-electron chi connectivity index (χ4n) is 1.93. The molecule has 110 valence electrons. The van der Waals surface area contributed by atoms with Crippen LogP contribution in [0.4, 0.5) is 0 Å². The highest BCUT2D eigenvalue weighted by molar-refractivity contribution is 7.89. The summed E-state index contributed by atoms with van der Waals surface area (Å²) in [6.07, 6.45) is 0. The van der Waals surface area contributed by atoms with Gasteiger partial charge in [-0.2, -0.15) is 0 Å². The van der Waals surface area contributed by atoms with Crippen molar-refractivity contribution in [2.45, 2.75) is 4.90 Å². The van der Waals surface area contributed by atoms with E-state index in [1.165, 1.54) is 12.1 Å². The fourth-order valence-corrected chi connectivity index (χ4v) is 2.68. The molecule has 1 aromatic rings. The minimum atomic E-state index is -4.30. The van der Waals surface area contributed by atoms with Crippen molar-refractivity contribution in [2.24, 2.45) is 15.4 Å². The molecule has 2 rings (SSSR count). The molecular formula is C10H5N7O4S. The number of ketones is 2. The molecule has 0 aliphatic heterocycles. The SMILES string of the molecule is [N-]=[N+]=NC1=C(N=[N+]=[N-])C(=O)c2c(cccc2S(N)(=O)=O)C1=O. The number of azide groups is 2. The average molecular weight is 319 g/mol. The number of benzene rings is 1. The second-order valence-electron chi connectivity index (χ2n) is 3.96. The van der Waals surface area contributed by atoms with Crippen LogP contribution in [0.25, 0.3) is 20.9 Å². The normalized spacial score (nSPS) is 14.0. The summed E-state index contributed by atoms with van der Waals surface area (Å²) >= 11 is 0. The first-order valence-corrected chi connectivity index (χ1v) is 6.97. The quantitative estimate of drug-likeness (QED) is 0.501. The Kier molecular flexibility index (Phi) is 3.68. The lowest BCUT2D eigenvalue weighted by Crippen LogP contribution is -2.25. The number of rotatable bonds is 3. The van der Waals surface area contributed by atoms with Gasteiger partial charge in [-0.1, -0.05) is 22.4 Å². The highest BCUT2D eigenvalue weighted by atomic mass is 32.2. The summed E-state index contributed by atoms with van der Waals surface area (Å²) in [4.78, 5) is 28.7. The number of carbonyl (C=O) groups excluding carboxylic acids is 2. The fraction of sp³-hybridized carbons (Fsp3) is 0. The molecule has 0 atom stereocenters. The van der Waals surface area contributed by atoms with Gasteiger partial charge >= 0.3 is 0 Å². The first-order valence-electron chi connectivity index (χ1n) is 5.42. The maximum atomic E-state index is 12.3. The third-order valence-electron chi connectivity index (χ3n) is 2.75. The van der Waals surface area contributed by atoms with E-state index in [0.29, 0.717) is 0 Å². The summed E-state index contributed by atoms with van der Waals surface area (Å²) in [6, 6.07) is 3.41. The highest BCUT2D eigenvalue weighted by Crippen LogP contribution is 2.31. The van der Waals surface area contributed by atoms with Crippen LogP contribution in [0.5, 0.6) is 0 Å². The number of primary sulfonamides is 1. The summed E-state index contributed by atoms with van der Waals surface area (Å²) in [5.41, 5.74) is 14.6. The van der Waals surface area contributed by atoms with Gasteiger partial charge in [0, 0.05) is 15.4 Å². The molecule has 1 aromatic carbocycles. The number of hydrogen-bond acceptors (Lipinski definition) is 6. The summed E-state index contributed by atoms with van der Waals surface area (Å²) < 4.78 is 23.1. The van der Waals surface area contributed by atoms with E-state index in [0.717, 1.165) is 6.07 Å². The molecule has 1 aliphatic rings. The third kappa shape index (κ3) is 2.30. The minimum Gasteiger partial charge on any atom is -0.289 e. The van der Waals surface area contributed by atoms with E-state index in [4.69, 9.17) is 16.2 Å². The number of fused-ring (bicyclic) bond motifs is 1. The Labute approximate surface area is 122 Å². The average Bonchev–Trinajstić information content (AvgIpc) is 2.46. The van der Waals surface area contributed by atoms with Gasteiger partial charge in [-0.15, -0.1) is 0 Å². The first kappa shape index (κ1) is 15.2. The Balaban J connectivity index is 2.93. The monoisotopic (exact) mass is 319 g/mol. The Morgan fingerprint density at radius 2 is 1.55 bits per heavy atom. The lowest BCUT2D eigenvalue weighted by atomic mass is 9.90. The molecule has 11 nitrogen and oxygen atoms in total. The van der Waals surface area contributed by atoms with E-state index < -0.39 is 43.4 Å². The number of carbonyl (C=O) groups is 2. The van der Waals surface area contributed by atoms with E-state index in [2.05, 4.69) is 20.1 Å². The Morgan fingerprint density at radius 3 is 2.05 bits per heavy atom. The van der Waals surface area contributed by atoms with Crippen LogP contribution in [0.2, 0.25) is 0 Å². The molecule has 0 radical (unpaired) electrons.